The summed E-state index contributed by atoms with van der Waals surface area (Å²) >= 11 is 0. The lowest BCUT2D eigenvalue weighted by Crippen LogP contribution is -2.38. The molecule has 0 saturated heterocycles. The van der Waals surface area contributed by atoms with Crippen LogP contribution in [0.3, 0.4) is 0 Å². The molecule has 0 fully saturated rings. The number of amides is 1. The second-order valence-corrected chi connectivity index (χ2v) is 6.55. The molecule has 1 N–H and O–H groups in total. The highest BCUT2D eigenvalue weighted by atomic mass is 16.5. The summed E-state index contributed by atoms with van der Waals surface area (Å²) in [6.45, 7) is 3.61. The van der Waals surface area contributed by atoms with Gasteiger partial charge in [0.15, 0.2) is 11.7 Å². The van der Waals surface area contributed by atoms with E-state index in [2.05, 4.69) is 5.32 Å². The molecule has 1 aromatic rings. The summed E-state index contributed by atoms with van der Waals surface area (Å²) in [4.78, 5) is 24.5. The number of nitrogens with zero attached hydrogens (tertiary/aromatic N) is 1. The van der Waals surface area contributed by atoms with Crippen LogP contribution >= 0.6 is 0 Å². The van der Waals surface area contributed by atoms with Crippen molar-refractivity contribution in [1.29, 1.82) is 5.26 Å². The van der Waals surface area contributed by atoms with Gasteiger partial charge in [-0.25, -0.2) is 0 Å². The van der Waals surface area contributed by atoms with Crippen LogP contribution in [0, 0.1) is 17.2 Å². The molecular formula is C19H24N2O3. The quantitative estimate of drug-likeness (QED) is 0.814. The smallest absolute Gasteiger partial charge is 0.245 e. The molecule has 0 spiro atoms. The van der Waals surface area contributed by atoms with E-state index < -0.39 is 11.8 Å². The third kappa shape index (κ3) is 4.14. The Hall–Kier alpha value is -2.35. The molecule has 0 saturated carbocycles. The van der Waals surface area contributed by atoms with Gasteiger partial charge in [-0.2, -0.15) is 5.26 Å². The summed E-state index contributed by atoms with van der Waals surface area (Å²) in [7, 11) is 1.64. The maximum Gasteiger partial charge on any atom is 0.245 e. The monoisotopic (exact) mass is 328 g/mol. The number of nitriles is 1. The normalized spacial score (nSPS) is 17.5. The summed E-state index contributed by atoms with van der Waals surface area (Å²) in [6.07, 6.45) is 3.08. The topological polar surface area (TPSA) is 79.2 Å². The number of ether oxygens (including phenoxy) is 1. The van der Waals surface area contributed by atoms with Crippen LogP contribution in [-0.4, -0.2) is 24.8 Å². The lowest BCUT2D eigenvalue weighted by atomic mass is 9.79. The van der Waals surface area contributed by atoms with E-state index in [1.165, 1.54) is 5.56 Å². The molecule has 1 aromatic carbocycles. The lowest BCUT2D eigenvalue weighted by molar-refractivity contribution is -0.132. The van der Waals surface area contributed by atoms with Crippen LogP contribution in [0.1, 0.15) is 50.2 Å². The van der Waals surface area contributed by atoms with E-state index >= 15 is 0 Å². The summed E-state index contributed by atoms with van der Waals surface area (Å²) in [5.41, 5.74) is 2.33. The fourth-order valence-corrected chi connectivity index (χ4v) is 3.24. The molecule has 0 heterocycles. The second-order valence-electron chi connectivity index (χ2n) is 6.55. The molecule has 0 radical (unpaired) electrons. The Labute approximate surface area is 143 Å². The van der Waals surface area contributed by atoms with Gasteiger partial charge < -0.3 is 10.1 Å². The number of ketones is 1. The Morgan fingerprint density at radius 3 is 2.79 bits per heavy atom. The molecule has 5 heteroatoms. The number of hydrogen-bond donors (Lipinski definition) is 1. The van der Waals surface area contributed by atoms with Gasteiger partial charge in [-0.05, 0) is 62.3 Å². The molecule has 1 aliphatic rings. The van der Waals surface area contributed by atoms with Crippen LogP contribution in [0.15, 0.2) is 18.2 Å². The largest absolute Gasteiger partial charge is 0.497 e. The SMILES string of the molecule is COc1ccc2c(c1)CCC[C@@H]2CC(=O)[C@@H](C#N)C(=O)NC(C)C. The number of carbonyl (C=O) groups excluding carboxylic acids is 2. The number of aryl methyl sites for hydroxylation is 1. The van der Waals surface area contributed by atoms with Gasteiger partial charge >= 0.3 is 0 Å². The molecule has 2 atom stereocenters. The molecule has 24 heavy (non-hydrogen) atoms. The molecule has 2 rings (SSSR count). The first-order valence-corrected chi connectivity index (χ1v) is 8.35. The van der Waals surface area contributed by atoms with Gasteiger partial charge in [0.2, 0.25) is 5.91 Å². The Morgan fingerprint density at radius 1 is 1.42 bits per heavy atom. The minimum absolute atomic E-state index is 0.0647. The van der Waals surface area contributed by atoms with Gasteiger partial charge in [0.05, 0.1) is 13.2 Å². The molecule has 128 valence electrons. The van der Waals surface area contributed by atoms with Crippen LogP contribution in [0.25, 0.3) is 0 Å². The van der Waals surface area contributed by atoms with E-state index in [4.69, 9.17) is 4.74 Å². The minimum Gasteiger partial charge on any atom is -0.497 e. The zero-order valence-electron chi connectivity index (χ0n) is 14.5. The van der Waals surface area contributed by atoms with Crippen molar-refractivity contribution in [1.82, 2.24) is 5.32 Å². The van der Waals surface area contributed by atoms with Gasteiger partial charge in [0.25, 0.3) is 0 Å². The zero-order chi connectivity index (χ0) is 17.7. The summed E-state index contributed by atoms with van der Waals surface area (Å²) in [5.74, 6) is -1.15. The van der Waals surface area contributed by atoms with E-state index in [-0.39, 0.29) is 24.2 Å². The van der Waals surface area contributed by atoms with Crippen molar-refractivity contribution in [3.8, 4) is 11.8 Å². The molecule has 0 unspecified atom stereocenters. The van der Waals surface area contributed by atoms with Crippen LogP contribution in [-0.2, 0) is 16.0 Å². The molecule has 0 aromatic heterocycles. The van der Waals surface area contributed by atoms with Crippen molar-refractivity contribution in [2.75, 3.05) is 7.11 Å². The molecule has 5 nitrogen and oxygen atoms in total. The molecule has 1 amide bonds. The van der Waals surface area contributed by atoms with Crippen molar-refractivity contribution < 1.29 is 14.3 Å². The number of hydrogen-bond acceptors (Lipinski definition) is 4. The van der Waals surface area contributed by atoms with Crippen molar-refractivity contribution in [3.63, 3.8) is 0 Å². The third-order valence-corrected chi connectivity index (χ3v) is 4.38. The number of benzene rings is 1. The van der Waals surface area contributed by atoms with Crippen molar-refractivity contribution in [3.05, 3.63) is 29.3 Å². The van der Waals surface area contributed by atoms with E-state index in [9.17, 15) is 14.9 Å². The Kier molecular flexibility index (Phi) is 5.97. The van der Waals surface area contributed by atoms with Crippen molar-refractivity contribution in [2.45, 2.75) is 51.5 Å². The second kappa shape index (κ2) is 7.96. The van der Waals surface area contributed by atoms with E-state index in [0.717, 1.165) is 30.6 Å². The van der Waals surface area contributed by atoms with Crippen LogP contribution in [0.2, 0.25) is 0 Å². The predicted octanol–water partition coefficient (Wildman–Crippen LogP) is 2.74. The highest BCUT2D eigenvalue weighted by Gasteiger charge is 2.31. The highest BCUT2D eigenvalue weighted by Crippen LogP contribution is 2.36. The molecule has 0 bridgehead atoms. The van der Waals surface area contributed by atoms with Crippen LogP contribution in [0.5, 0.6) is 5.75 Å². The first kappa shape index (κ1) is 18.0. The van der Waals surface area contributed by atoms with Gasteiger partial charge in [-0.15, -0.1) is 0 Å². The zero-order valence-corrected chi connectivity index (χ0v) is 14.5. The Bertz CT molecular complexity index is 661. The fraction of sp³-hybridized carbons (Fsp3) is 0.526. The molecule has 1 aliphatic carbocycles. The van der Waals surface area contributed by atoms with Gasteiger partial charge in [-0.3, -0.25) is 9.59 Å². The average Bonchev–Trinajstić information content (AvgIpc) is 2.54. The number of methoxy groups -OCH3 is 1. The van der Waals surface area contributed by atoms with Crippen molar-refractivity contribution in [2.24, 2.45) is 5.92 Å². The standard InChI is InChI=1S/C19H24N2O3/c1-12(2)21-19(23)17(11-20)18(22)10-14-6-4-5-13-9-15(24-3)7-8-16(13)14/h7-9,12,14,17H,4-6,10H2,1-3H3,(H,21,23)/t14-,17-/m1/s1. The maximum absolute atomic E-state index is 12.5. The number of fused-ring (bicyclic) bond motifs is 1. The highest BCUT2D eigenvalue weighted by molar-refractivity contribution is 6.04. The predicted molar refractivity (Wildman–Crippen MR) is 90.7 cm³/mol. The Balaban J connectivity index is 2.13. The summed E-state index contributed by atoms with van der Waals surface area (Å²) in [6, 6.07) is 7.68. The number of carbonyl (C=O) groups is 2. The van der Waals surface area contributed by atoms with Gasteiger partial charge in [-0.1, -0.05) is 6.07 Å². The fourth-order valence-electron chi connectivity index (χ4n) is 3.24. The summed E-state index contributed by atoms with van der Waals surface area (Å²) in [5, 5.41) is 11.9. The minimum atomic E-state index is -1.23. The summed E-state index contributed by atoms with van der Waals surface area (Å²) < 4.78 is 5.26. The number of Topliss-reactive ketones (excluding diaryl/α,β-unsaturated/α-hetero) is 1. The average molecular weight is 328 g/mol. The van der Waals surface area contributed by atoms with E-state index in [1.807, 2.05) is 38.1 Å². The van der Waals surface area contributed by atoms with E-state index in [1.54, 1.807) is 7.11 Å². The van der Waals surface area contributed by atoms with Crippen molar-refractivity contribution >= 4 is 11.7 Å². The van der Waals surface area contributed by atoms with Gasteiger partial charge in [0, 0.05) is 12.5 Å². The number of nitrogens with one attached hydrogen (secondary N) is 1. The third-order valence-electron chi connectivity index (χ3n) is 4.38. The molecule has 0 aliphatic heterocycles. The first-order chi connectivity index (χ1) is 11.5. The first-order valence-electron chi connectivity index (χ1n) is 8.35. The van der Waals surface area contributed by atoms with E-state index in [0.29, 0.717) is 0 Å². The van der Waals surface area contributed by atoms with Crippen LogP contribution < -0.4 is 10.1 Å². The number of rotatable bonds is 6. The maximum atomic E-state index is 12.5. The van der Waals surface area contributed by atoms with Crippen LogP contribution in [0.4, 0.5) is 0 Å². The Morgan fingerprint density at radius 2 is 2.17 bits per heavy atom. The van der Waals surface area contributed by atoms with Gasteiger partial charge in [0.1, 0.15) is 5.75 Å². The molecular weight excluding hydrogens is 304 g/mol. The lowest BCUT2D eigenvalue weighted by Gasteiger charge is -2.26.